The third-order valence-corrected chi connectivity index (χ3v) is 3.92. The molecule has 0 radical (unpaired) electrons. The average Bonchev–Trinajstić information content (AvgIpc) is 2.16. The molecule has 1 saturated heterocycles. The van der Waals surface area contributed by atoms with Crippen LogP contribution in [0.2, 0.25) is 0 Å². The SMILES string of the molecule is C=CCS1(N)CCOC1. The zero-order valence-corrected chi connectivity index (χ0v) is 6.32. The van der Waals surface area contributed by atoms with Gasteiger partial charge in [0, 0.05) is 11.5 Å². The van der Waals surface area contributed by atoms with Crippen molar-refractivity contribution in [3.05, 3.63) is 12.7 Å². The predicted molar refractivity (Wildman–Crippen MR) is 42.5 cm³/mol. The van der Waals surface area contributed by atoms with E-state index in [4.69, 9.17) is 9.88 Å². The number of hydrogen-bond acceptors (Lipinski definition) is 2. The van der Waals surface area contributed by atoms with Crippen LogP contribution in [0.4, 0.5) is 0 Å². The quantitative estimate of drug-likeness (QED) is 0.587. The molecular weight excluding hydrogens is 134 g/mol. The largest absolute Gasteiger partial charge is 0.370 e. The van der Waals surface area contributed by atoms with Gasteiger partial charge in [-0.1, -0.05) is 6.08 Å². The van der Waals surface area contributed by atoms with Crippen LogP contribution in [-0.2, 0) is 4.74 Å². The summed E-state index contributed by atoms with van der Waals surface area (Å²) >= 11 is 0. The molecule has 0 bridgehead atoms. The maximum Gasteiger partial charge on any atom is 0.0881 e. The highest BCUT2D eigenvalue weighted by Crippen LogP contribution is 2.42. The third-order valence-electron chi connectivity index (χ3n) is 1.40. The van der Waals surface area contributed by atoms with Crippen LogP contribution in [0.25, 0.3) is 0 Å². The molecule has 1 atom stereocenters. The van der Waals surface area contributed by atoms with E-state index < -0.39 is 10.2 Å². The summed E-state index contributed by atoms with van der Waals surface area (Å²) in [6, 6.07) is 0. The minimum absolute atomic E-state index is 0.777. The van der Waals surface area contributed by atoms with Gasteiger partial charge in [-0.15, -0.1) is 6.58 Å². The summed E-state index contributed by atoms with van der Waals surface area (Å²) in [4.78, 5) is 0. The van der Waals surface area contributed by atoms with Gasteiger partial charge in [0.15, 0.2) is 0 Å². The standard InChI is InChI=1S/C6H13NOS/c1-2-4-9(7)5-3-8-6-9/h2H,1,3-7H2. The lowest BCUT2D eigenvalue weighted by molar-refractivity contribution is 0.217. The topological polar surface area (TPSA) is 35.2 Å². The molecule has 1 fully saturated rings. The van der Waals surface area contributed by atoms with Crippen molar-refractivity contribution in [2.24, 2.45) is 5.14 Å². The Kier molecular flexibility index (Phi) is 2.16. The molecule has 2 nitrogen and oxygen atoms in total. The van der Waals surface area contributed by atoms with E-state index in [1.54, 1.807) is 0 Å². The van der Waals surface area contributed by atoms with E-state index in [1.165, 1.54) is 0 Å². The number of ether oxygens (including phenoxy) is 1. The van der Waals surface area contributed by atoms with Gasteiger partial charge in [-0.05, 0) is 0 Å². The summed E-state index contributed by atoms with van der Waals surface area (Å²) < 4.78 is 5.18. The summed E-state index contributed by atoms with van der Waals surface area (Å²) in [7, 11) is -0.894. The van der Waals surface area contributed by atoms with E-state index in [9.17, 15) is 0 Å². The Labute approximate surface area is 57.5 Å². The summed E-state index contributed by atoms with van der Waals surface area (Å²) in [5.74, 6) is 2.78. The maximum absolute atomic E-state index is 5.96. The molecule has 0 aromatic rings. The van der Waals surface area contributed by atoms with Crippen molar-refractivity contribution in [2.75, 3.05) is 24.1 Å². The van der Waals surface area contributed by atoms with Crippen LogP contribution in [0.1, 0.15) is 0 Å². The molecule has 0 amide bonds. The van der Waals surface area contributed by atoms with Crippen LogP contribution in [0.15, 0.2) is 12.7 Å². The van der Waals surface area contributed by atoms with E-state index in [0.29, 0.717) is 0 Å². The molecule has 1 rings (SSSR count). The Hall–Kier alpha value is 0.01000. The Morgan fingerprint density at radius 2 is 2.56 bits per heavy atom. The van der Waals surface area contributed by atoms with Crippen molar-refractivity contribution < 1.29 is 4.74 Å². The van der Waals surface area contributed by atoms with Crippen molar-refractivity contribution in [3.63, 3.8) is 0 Å². The lowest BCUT2D eigenvalue weighted by Gasteiger charge is -2.25. The fraction of sp³-hybridized carbons (Fsp3) is 0.667. The van der Waals surface area contributed by atoms with Crippen molar-refractivity contribution in [3.8, 4) is 0 Å². The second-order valence-electron chi connectivity index (χ2n) is 2.30. The molecule has 0 aromatic carbocycles. The van der Waals surface area contributed by atoms with Gasteiger partial charge in [0.05, 0.1) is 12.5 Å². The summed E-state index contributed by atoms with van der Waals surface area (Å²) in [5, 5.41) is 5.96. The van der Waals surface area contributed by atoms with Gasteiger partial charge in [0.1, 0.15) is 0 Å². The molecule has 1 aliphatic rings. The molecule has 54 valence electrons. The minimum Gasteiger partial charge on any atom is -0.370 e. The molecule has 0 aromatic heterocycles. The monoisotopic (exact) mass is 147 g/mol. The first kappa shape index (κ1) is 7.12. The Morgan fingerprint density at radius 1 is 1.78 bits per heavy atom. The van der Waals surface area contributed by atoms with Gasteiger partial charge in [-0.2, -0.15) is 10.2 Å². The molecule has 1 unspecified atom stereocenters. The zero-order valence-electron chi connectivity index (χ0n) is 5.51. The van der Waals surface area contributed by atoms with Crippen molar-refractivity contribution >= 4 is 10.2 Å². The maximum atomic E-state index is 5.96. The normalized spacial score (nSPS) is 41.9. The van der Waals surface area contributed by atoms with Crippen LogP contribution < -0.4 is 5.14 Å². The van der Waals surface area contributed by atoms with Crippen molar-refractivity contribution in [1.29, 1.82) is 0 Å². The van der Waals surface area contributed by atoms with Gasteiger partial charge < -0.3 is 4.74 Å². The average molecular weight is 147 g/mol. The van der Waals surface area contributed by atoms with E-state index in [1.807, 2.05) is 6.08 Å². The van der Waals surface area contributed by atoms with Gasteiger partial charge in [-0.25, -0.2) is 0 Å². The molecule has 1 heterocycles. The highest BCUT2D eigenvalue weighted by atomic mass is 32.3. The van der Waals surface area contributed by atoms with Crippen LogP contribution in [0.3, 0.4) is 0 Å². The first-order chi connectivity index (χ1) is 4.27. The van der Waals surface area contributed by atoms with E-state index in [0.717, 1.165) is 24.1 Å². The van der Waals surface area contributed by atoms with Gasteiger partial charge >= 0.3 is 0 Å². The Bertz CT molecular complexity index is 110. The van der Waals surface area contributed by atoms with Crippen LogP contribution in [-0.4, -0.2) is 24.1 Å². The second kappa shape index (κ2) is 2.73. The molecule has 0 spiro atoms. The van der Waals surface area contributed by atoms with Crippen LogP contribution >= 0.6 is 10.2 Å². The summed E-state index contributed by atoms with van der Waals surface area (Å²) in [6.07, 6.45) is 1.89. The Morgan fingerprint density at radius 3 is 3.00 bits per heavy atom. The minimum atomic E-state index is -0.894. The molecular formula is C6H13NOS. The molecule has 3 heteroatoms. The van der Waals surface area contributed by atoms with Gasteiger partial charge in [0.2, 0.25) is 0 Å². The first-order valence-electron chi connectivity index (χ1n) is 3.00. The summed E-state index contributed by atoms with van der Waals surface area (Å²) in [5.41, 5.74) is 0. The van der Waals surface area contributed by atoms with Crippen molar-refractivity contribution in [1.82, 2.24) is 0 Å². The highest BCUT2D eigenvalue weighted by molar-refractivity contribution is 8.32. The van der Waals surface area contributed by atoms with Crippen LogP contribution in [0.5, 0.6) is 0 Å². The molecule has 0 saturated carbocycles. The lowest BCUT2D eigenvalue weighted by atomic mass is 10.8. The van der Waals surface area contributed by atoms with E-state index in [2.05, 4.69) is 6.58 Å². The number of hydrogen-bond donors (Lipinski definition) is 1. The molecule has 2 N–H and O–H groups in total. The van der Waals surface area contributed by atoms with E-state index in [-0.39, 0.29) is 0 Å². The fourth-order valence-electron chi connectivity index (χ4n) is 0.875. The van der Waals surface area contributed by atoms with Crippen molar-refractivity contribution in [2.45, 2.75) is 0 Å². The van der Waals surface area contributed by atoms with Crippen LogP contribution in [0, 0.1) is 0 Å². The van der Waals surface area contributed by atoms with Gasteiger partial charge in [0.25, 0.3) is 0 Å². The lowest BCUT2D eigenvalue weighted by Crippen LogP contribution is -2.15. The Balaban J connectivity index is 2.40. The smallest absolute Gasteiger partial charge is 0.0881 e. The number of nitrogens with two attached hydrogens (primary N) is 1. The number of rotatable bonds is 2. The molecule has 0 aliphatic carbocycles. The predicted octanol–water partition coefficient (Wildman–Crippen LogP) is 0.838. The summed E-state index contributed by atoms with van der Waals surface area (Å²) in [6.45, 7) is 4.50. The zero-order chi connectivity index (χ0) is 6.74. The van der Waals surface area contributed by atoms with Gasteiger partial charge in [-0.3, -0.25) is 5.14 Å². The molecule has 1 aliphatic heterocycles. The second-order valence-corrected chi connectivity index (χ2v) is 5.50. The fourth-order valence-corrected chi connectivity index (χ4v) is 2.62. The third kappa shape index (κ3) is 1.71. The first-order valence-corrected chi connectivity index (χ1v) is 5.20. The molecule has 9 heavy (non-hydrogen) atoms. The van der Waals surface area contributed by atoms with E-state index >= 15 is 0 Å². The highest BCUT2D eigenvalue weighted by Gasteiger charge is 2.22.